The molecule has 0 amide bonds. The van der Waals surface area contributed by atoms with Crippen molar-refractivity contribution in [3.8, 4) is 0 Å². The lowest BCUT2D eigenvalue weighted by Gasteiger charge is -2.18. The molecule has 0 aromatic heterocycles. The quantitative estimate of drug-likeness (QED) is 0.308. The molecule has 0 aliphatic rings. The first-order valence-corrected chi connectivity index (χ1v) is 8.81. The van der Waals surface area contributed by atoms with E-state index in [9.17, 15) is 14.7 Å². The lowest BCUT2D eigenvalue weighted by molar-refractivity contribution is -0.384. The summed E-state index contributed by atoms with van der Waals surface area (Å²) in [6.45, 7) is 4.12. The monoisotopic (exact) mass is 319 g/mol. The number of benzene rings is 1. The maximum Gasteiger partial charge on any atom is 0.288 e. The summed E-state index contributed by atoms with van der Waals surface area (Å²) >= 11 is 5.77. The van der Waals surface area contributed by atoms with Gasteiger partial charge in [-0.05, 0) is 25.5 Å². The van der Waals surface area contributed by atoms with Gasteiger partial charge in [-0.25, -0.2) is 0 Å². The zero-order chi connectivity index (χ0) is 15.2. The van der Waals surface area contributed by atoms with E-state index < -0.39 is 12.3 Å². The molecule has 0 fully saturated rings. The van der Waals surface area contributed by atoms with Gasteiger partial charge in [-0.15, -0.1) is 0 Å². The van der Waals surface area contributed by atoms with E-state index in [1.54, 1.807) is 13.0 Å². The molecule has 0 spiro atoms. The fourth-order valence-corrected chi connectivity index (χ4v) is 4.30. The average molecular weight is 320 g/mol. The van der Waals surface area contributed by atoms with E-state index in [1.165, 1.54) is 12.1 Å². The van der Waals surface area contributed by atoms with Crippen molar-refractivity contribution in [3.63, 3.8) is 0 Å². The zero-order valence-corrected chi connectivity index (χ0v) is 13.3. The van der Waals surface area contributed by atoms with Gasteiger partial charge in [0.25, 0.3) is 5.69 Å². The van der Waals surface area contributed by atoms with Crippen molar-refractivity contribution in [1.82, 2.24) is 0 Å². The van der Waals surface area contributed by atoms with Gasteiger partial charge in [0.2, 0.25) is 7.37 Å². The highest BCUT2D eigenvalue weighted by Crippen LogP contribution is 2.47. The minimum absolute atomic E-state index is 0.0374. The largest absolute Gasteiger partial charge is 0.326 e. The Kier molecular flexibility index (Phi) is 6.66. The van der Waals surface area contributed by atoms with Crippen LogP contribution < -0.4 is 5.30 Å². The molecule has 7 heteroatoms. The summed E-state index contributed by atoms with van der Waals surface area (Å²) in [7, 11) is -3.05. The summed E-state index contributed by atoms with van der Waals surface area (Å²) in [4.78, 5) is 10.3. The number of hydrogen-bond donors (Lipinski definition) is 0. The summed E-state index contributed by atoms with van der Waals surface area (Å²) in [5.74, 6) is 0. The highest BCUT2D eigenvalue weighted by molar-refractivity contribution is 7.67. The summed E-state index contributed by atoms with van der Waals surface area (Å²) in [6, 6.07) is 4.23. The van der Waals surface area contributed by atoms with E-state index in [0.29, 0.717) is 18.1 Å². The van der Waals surface area contributed by atoms with Gasteiger partial charge < -0.3 is 4.52 Å². The molecule has 0 saturated carbocycles. The smallest absolute Gasteiger partial charge is 0.288 e. The van der Waals surface area contributed by atoms with Gasteiger partial charge in [0, 0.05) is 17.5 Å². The SMILES string of the molecule is CCCCCP(=O)(OCC)c1ccc(Cl)c([N+](=O)[O-])c1. The molecule has 1 unspecified atom stereocenters. The lowest BCUT2D eigenvalue weighted by atomic mass is 10.3. The molecule has 20 heavy (non-hydrogen) atoms. The van der Waals surface area contributed by atoms with Crippen LogP contribution in [0.25, 0.3) is 0 Å². The van der Waals surface area contributed by atoms with E-state index in [0.717, 1.165) is 19.3 Å². The molecule has 112 valence electrons. The first-order valence-electron chi connectivity index (χ1n) is 6.62. The minimum atomic E-state index is -3.05. The van der Waals surface area contributed by atoms with Crippen molar-refractivity contribution < 1.29 is 14.0 Å². The second-order valence-corrected chi connectivity index (χ2v) is 7.39. The van der Waals surface area contributed by atoms with Crippen LogP contribution in [0.3, 0.4) is 0 Å². The van der Waals surface area contributed by atoms with E-state index in [1.807, 2.05) is 0 Å². The van der Waals surface area contributed by atoms with Crippen LogP contribution in [0.1, 0.15) is 33.1 Å². The first kappa shape index (κ1) is 17.2. The van der Waals surface area contributed by atoms with Crippen molar-refractivity contribution in [2.45, 2.75) is 33.1 Å². The maximum atomic E-state index is 12.9. The van der Waals surface area contributed by atoms with Crippen LogP contribution in [0.5, 0.6) is 0 Å². The van der Waals surface area contributed by atoms with E-state index >= 15 is 0 Å². The van der Waals surface area contributed by atoms with Crippen LogP contribution in [-0.2, 0) is 9.09 Å². The van der Waals surface area contributed by atoms with E-state index in [-0.39, 0.29) is 10.7 Å². The second kappa shape index (κ2) is 7.77. The summed E-state index contributed by atoms with van der Waals surface area (Å²) in [5.41, 5.74) is -0.236. The Morgan fingerprint density at radius 2 is 2.05 bits per heavy atom. The van der Waals surface area contributed by atoms with Gasteiger partial charge in [-0.1, -0.05) is 31.4 Å². The Labute approximate surface area is 123 Å². The van der Waals surface area contributed by atoms with Crippen LogP contribution in [0.4, 0.5) is 5.69 Å². The zero-order valence-electron chi connectivity index (χ0n) is 11.7. The fraction of sp³-hybridized carbons (Fsp3) is 0.538. The molecule has 0 heterocycles. The molecule has 0 bridgehead atoms. The molecule has 0 saturated heterocycles. The molecule has 0 radical (unpaired) electrons. The number of hydrogen-bond acceptors (Lipinski definition) is 4. The third kappa shape index (κ3) is 4.30. The highest BCUT2D eigenvalue weighted by atomic mass is 35.5. The molecule has 5 nitrogen and oxygen atoms in total. The van der Waals surface area contributed by atoms with Crippen molar-refractivity contribution >= 4 is 30.0 Å². The van der Waals surface area contributed by atoms with Crippen LogP contribution in [0.15, 0.2) is 18.2 Å². The first-order chi connectivity index (χ1) is 9.44. The van der Waals surface area contributed by atoms with Crippen molar-refractivity contribution in [2.24, 2.45) is 0 Å². The van der Waals surface area contributed by atoms with Crippen molar-refractivity contribution in [1.29, 1.82) is 0 Å². The van der Waals surface area contributed by atoms with Crippen LogP contribution in [-0.4, -0.2) is 17.7 Å². The average Bonchev–Trinajstić information content (AvgIpc) is 2.39. The van der Waals surface area contributed by atoms with Crippen molar-refractivity contribution in [2.75, 3.05) is 12.8 Å². The topological polar surface area (TPSA) is 69.4 Å². The highest BCUT2D eigenvalue weighted by Gasteiger charge is 2.27. The number of rotatable bonds is 8. The Morgan fingerprint density at radius 3 is 2.60 bits per heavy atom. The van der Waals surface area contributed by atoms with Gasteiger partial charge in [0.15, 0.2) is 0 Å². The second-order valence-electron chi connectivity index (χ2n) is 4.41. The Hall–Kier alpha value is -0.900. The third-order valence-corrected chi connectivity index (χ3v) is 5.88. The van der Waals surface area contributed by atoms with Gasteiger partial charge in [-0.3, -0.25) is 14.7 Å². The van der Waals surface area contributed by atoms with Crippen molar-refractivity contribution in [3.05, 3.63) is 33.3 Å². The number of unbranched alkanes of at least 4 members (excludes halogenated alkanes) is 2. The number of nitro groups is 1. The normalized spacial score (nSPS) is 13.9. The maximum absolute atomic E-state index is 12.9. The molecular formula is C13H19ClNO4P. The van der Waals surface area contributed by atoms with E-state index in [2.05, 4.69) is 6.92 Å². The van der Waals surface area contributed by atoms with Gasteiger partial charge >= 0.3 is 0 Å². The Morgan fingerprint density at radius 1 is 1.35 bits per heavy atom. The standard InChI is InChI=1S/C13H19ClNO4P/c1-3-5-6-9-20(18,19-4-2)11-7-8-12(14)13(10-11)15(16)17/h7-8,10H,3-6,9H2,1-2H3. The number of nitro benzene ring substituents is 1. The van der Waals surface area contributed by atoms with Gasteiger partial charge in [0.05, 0.1) is 11.5 Å². The van der Waals surface area contributed by atoms with Gasteiger partial charge in [0.1, 0.15) is 5.02 Å². The molecule has 1 atom stereocenters. The minimum Gasteiger partial charge on any atom is -0.326 e. The molecular weight excluding hydrogens is 301 g/mol. The Bertz CT molecular complexity index is 521. The lowest BCUT2D eigenvalue weighted by Crippen LogP contribution is -2.12. The van der Waals surface area contributed by atoms with Crippen LogP contribution >= 0.6 is 19.0 Å². The summed E-state index contributed by atoms with van der Waals surface area (Å²) in [6.07, 6.45) is 3.12. The molecule has 1 rings (SSSR count). The van der Waals surface area contributed by atoms with Gasteiger partial charge in [-0.2, -0.15) is 0 Å². The third-order valence-electron chi connectivity index (χ3n) is 2.91. The molecule has 1 aromatic rings. The summed E-state index contributed by atoms with van der Waals surface area (Å²) < 4.78 is 18.3. The predicted molar refractivity (Wildman–Crippen MR) is 81.4 cm³/mol. The molecule has 0 aliphatic heterocycles. The fourth-order valence-electron chi connectivity index (χ4n) is 1.90. The predicted octanol–water partition coefficient (Wildman–Crippen LogP) is 4.38. The molecule has 1 aromatic carbocycles. The Balaban J connectivity index is 3.11. The van der Waals surface area contributed by atoms with Crippen LogP contribution in [0, 0.1) is 10.1 Å². The molecule has 0 aliphatic carbocycles. The summed E-state index contributed by atoms with van der Waals surface area (Å²) in [5, 5.41) is 11.3. The van der Waals surface area contributed by atoms with E-state index in [4.69, 9.17) is 16.1 Å². The van der Waals surface area contributed by atoms with Crippen LogP contribution in [0.2, 0.25) is 5.02 Å². The molecule has 0 N–H and O–H groups in total. The number of halogens is 1. The number of nitrogens with zero attached hydrogens (tertiary/aromatic N) is 1.